The van der Waals surface area contributed by atoms with E-state index in [0.717, 1.165) is 16.5 Å². The van der Waals surface area contributed by atoms with Crippen LogP contribution < -0.4 is 15.8 Å². The minimum Gasteiger partial charge on any atom is -0.457 e. The van der Waals surface area contributed by atoms with Crippen LogP contribution in [0.15, 0.2) is 78.9 Å². The number of aryl methyl sites for hydroxylation is 1. The largest absolute Gasteiger partial charge is 0.457 e. The van der Waals surface area contributed by atoms with E-state index in [4.69, 9.17) is 10.5 Å². The molecule has 0 fully saturated rings. The number of rotatable bonds is 8. The zero-order chi connectivity index (χ0) is 21.2. The number of carbonyl (C=O) groups is 1. The van der Waals surface area contributed by atoms with Gasteiger partial charge in [0.2, 0.25) is 6.67 Å². The lowest BCUT2D eigenvalue weighted by Crippen LogP contribution is -2.31. The topological polar surface area (TPSA) is 80.2 Å². The summed E-state index contributed by atoms with van der Waals surface area (Å²) in [5.74, 6) is 0.954. The van der Waals surface area contributed by atoms with Crippen molar-refractivity contribution < 1.29 is 14.1 Å². The highest BCUT2D eigenvalue weighted by molar-refractivity contribution is 5.96. The molecule has 6 nitrogen and oxygen atoms in total. The van der Waals surface area contributed by atoms with Gasteiger partial charge in [-0.2, -0.15) is 0 Å². The van der Waals surface area contributed by atoms with Gasteiger partial charge in [-0.05, 0) is 56.0 Å². The van der Waals surface area contributed by atoms with E-state index in [2.05, 4.69) is 16.9 Å². The van der Waals surface area contributed by atoms with E-state index in [1.807, 2.05) is 39.1 Å². The van der Waals surface area contributed by atoms with Crippen LogP contribution in [0.4, 0.5) is 0 Å². The predicted molar refractivity (Wildman–Crippen MR) is 118 cm³/mol. The normalized spacial score (nSPS) is 13.0. The second-order valence-corrected chi connectivity index (χ2v) is 6.38. The number of hydrogen-bond donors (Lipinski definition) is 2. The standard InChI is InChI=1S/C23H26N4O2/c1-5-18(23(28)26-16-27(4)13-7-11-24)15-19(6-2)29-22-10-12-25-21-14-17(3)8-9-20(21)22/h5-15,24H,1,16H2,2-4H3,(H,26,28)/p+1/b18-15+,19-6+. The van der Waals surface area contributed by atoms with Crippen LogP contribution in [0.5, 0.6) is 5.75 Å². The Hall–Kier alpha value is -3.67. The first-order valence-corrected chi connectivity index (χ1v) is 9.22. The minimum atomic E-state index is -0.255. The van der Waals surface area contributed by atoms with E-state index in [9.17, 15) is 4.79 Å². The van der Waals surface area contributed by atoms with Gasteiger partial charge in [0, 0.05) is 23.2 Å². The number of benzene rings is 1. The summed E-state index contributed by atoms with van der Waals surface area (Å²) >= 11 is 0. The fourth-order valence-electron chi connectivity index (χ4n) is 2.54. The average Bonchev–Trinajstić information content (AvgIpc) is 2.73. The molecule has 0 spiro atoms. The van der Waals surface area contributed by atoms with Crippen molar-refractivity contribution in [3.8, 4) is 5.75 Å². The molecule has 0 aliphatic heterocycles. The first-order chi connectivity index (χ1) is 14.0. The maximum Gasteiger partial charge on any atom is 0.256 e. The van der Waals surface area contributed by atoms with Crippen LogP contribution in [-0.4, -0.2) is 35.4 Å². The molecule has 1 amide bonds. The molecule has 6 heteroatoms. The molecule has 0 radical (unpaired) electrons. The van der Waals surface area contributed by atoms with Crippen LogP contribution in [0.3, 0.4) is 0 Å². The lowest BCUT2D eigenvalue weighted by atomic mass is 10.1. The SMILES string of the molecule is C=C/C(=C\C(=C/C)Oc1ccnc2cc(C)ccc12)C(=O)NC/[N+](C)=C/C=C\N. The summed E-state index contributed by atoms with van der Waals surface area (Å²) in [6, 6.07) is 7.80. The van der Waals surface area contributed by atoms with Crippen LogP contribution in [0.25, 0.3) is 10.9 Å². The molecule has 1 aromatic heterocycles. The maximum atomic E-state index is 12.5. The molecule has 0 atom stereocenters. The van der Waals surface area contributed by atoms with Gasteiger partial charge in [-0.1, -0.05) is 18.7 Å². The van der Waals surface area contributed by atoms with Gasteiger partial charge < -0.3 is 10.5 Å². The predicted octanol–water partition coefficient (Wildman–Crippen LogP) is 3.20. The summed E-state index contributed by atoms with van der Waals surface area (Å²) in [6.45, 7) is 7.94. The number of pyridine rings is 1. The molecular weight excluding hydrogens is 364 g/mol. The highest BCUT2D eigenvalue weighted by atomic mass is 16.5. The first-order valence-electron chi connectivity index (χ1n) is 9.22. The van der Waals surface area contributed by atoms with Crippen LogP contribution in [-0.2, 0) is 4.79 Å². The number of hydrogen-bond acceptors (Lipinski definition) is 4. The van der Waals surface area contributed by atoms with Gasteiger partial charge in [0.15, 0.2) is 6.21 Å². The summed E-state index contributed by atoms with van der Waals surface area (Å²) in [6.07, 6.45) is 11.5. The molecule has 0 aliphatic carbocycles. The summed E-state index contributed by atoms with van der Waals surface area (Å²) in [5, 5.41) is 3.72. The fourth-order valence-corrected chi connectivity index (χ4v) is 2.54. The number of carbonyl (C=O) groups excluding carboxylic acids is 1. The number of nitrogens with two attached hydrogens (primary N) is 1. The van der Waals surface area contributed by atoms with Crippen molar-refractivity contribution in [2.45, 2.75) is 13.8 Å². The molecule has 0 aliphatic rings. The zero-order valence-electron chi connectivity index (χ0n) is 17.1. The maximum absolute atomic E-state index is 12.5. The molecule has 0 saturated heterocycles. The average molecular weight is 391 g/mol. The molecule has 1 heterocycles. The van der Waals surface area contributed by atoms with E-state index in [1.54, 1.807) is 41.3 Å². The number of allylic oxidation sites excluding steroid dienone is 3. The Morgan fingerprint density at radius 1 is 1.38 bits per heavy atom. The van der Waals surface area contributed by atoms with Crippen molar-refractivity contribution >= 4 is 23.0 Å². The van der Waals surface area contributed by atoms with Gasteiger partial charge in [0.05, 0.1) is 5.52 Å². The Bertz CT molecular complexity index is 1020. The monoisotopic (exact) mass is 391 g/mol. The Labute approximate surface area is 171 Å². The Balaban J connectivity index is 2.19. The second-order valence-electron chi connectivity index (χ2n) is 6.38. The van der Waals surface area contributed by atoms with Gasteiger partial charge in [0.25, 0.3) is 5.91 Å². The molecule has 0 bridgehead atoms. The molecule has 1 aromatic carbocycles. The van der Waals surface area contributed by atoms with Crippen molar-refractivity contribution in [1.29, 1.82) is 0 Å². The number of amides is 1. The molecule has 3 N–H and O–H groups in total. The Kier molecular flexibility index (Phi) is 7.91. The van der Waals surface area contributed by atoms with Crippen LogP contribution >= 0.6 is 0 Å². The summed E-state index contributed by atoms with van der Waals surface area (Å²) in [4.78, 5) is 16.9. The molecular formula is C23H27N4O2+. The Morgan fingerprint density at radius 2 is 2.17 bits per heavy atom. The van der Waals surface area contributed by atoms with Gasteiger partial charge in [-0.25, -0.2) is 4.58 Å². The molecule has 2 rings (SSSR count). The van der Waals surface area contributed by atoms with Gasteiger partial charge >= 0.3 is 0 Å². The summed E-state index contributed by atoms with van der Waals surface area (Å²) in [7, 11) is 1.83. The third kappa shape index (κ3) is 6.17. The number of ether oxygens (including phenoxy) is 1. The molecule has 0 saturated carbocycles. The third-order valence-corrected chi connectivity index (χ3v) is 4.09. The van der Waals surface area contributed by atoms with E-state index in [-0.39, 0.29) is 5.91 Å². The van der Waals surface area contributed by atoms with Crippen molar-refractivity contribution in [2.24, 2.45) is 5.73 Å². The Morgan fingerprint density at radius 3 is 2.86 bits per heavy atom. The van der Waals surface area contributed by atoms with Crippen LogP contribution in [0, 0.1) is 6.92 Å². The highest BCUT2D eigenvalue weighted by Crippen LogP contribution is 2.26. The van der Waals surface area contributed by atoms with Gasteiger partial charge in [0.1, 0.15) is 18.6 Å². The summed E-state index contributed by atoms with van der Waals surface area (Å²) < 4.78 is 7.85. The lowest BCUT2D eigenvalue weighted by molar-refractivity contribution is -0.495. The van der Waals surface area contributed by atoms with E-state index < -0.39 is 0 Å². The molecule has 0 unspecified atom stereocenters. The van der Waals surface area contributed by atoms with Crippen LogP contribution in [0.1, 0.15) is 12.5 Å². The van der Waals surface area contributed by atoms with Crippen molar-refractivity contribution in [3.05, 3.63) is 84.4 Å². The number of nitrogens with zero attached hydrogens (tertiary/aromatic N) is 2. The smallest absolute Gasteiger partial charge is 0.256 e. The number of nitrogens with one attached hydrogen (secondary N) is 1. The van der Waals surface area contributed by atoms with E-state index in [1.165, 1.54) is 12.3 Å². The number of fused-ring (bicyclic) bond motifs is 1. The van der Waals surface area contributed by atoms with Gasteiger partial charge in [-0.15, -0.1) is 0 Å². The quantitative estimate of drug-likeness (QED) is 0.181. The first kappa shape index (κ1) is 21.6. The molecule has 2 aromatic rings. The van der Waals surface area contributed by atoms with E-state index in [0.29, 0.717) is 23.8 Å². The van der Waals surface area contributed by atoms with E-state index >= 15 is 0 Å². The van der Waals surface area contributed by atoms with Gasteiger partial charge in [-0.3, -0.25) is 15.1 Å². The highest BCUT2D eigenvalue weighted by Gasteiger charge is 2.10. The summed E-state index contributed by atoms with van der Waals surface area (Å²) in [5.41, 5.74) is 7.69. The fraction of sp³-hybridized carbons (Fsp3) is 0.174. The second kappa shape index (κ2) is 10.6. The number of aromatic nitrogens is 1. The van der Waals surface area contributed by atoms with Crippen molar-refractivity contribution in [3.63, 3.8) is 0 Å². The molecule has 150 valence electrons. The molecule has 29 heavy (non-hydrogen) atoms. The lowest BCUT2D eigenvalue weighted by Gasteiger charge is -2.11. The zero-order valence-corrected chi connectivity index (χ0v) is 17.1. The third-order valence-electron chi connectivity index (χ3n) is 4.09. The minimum absolute atomic E-state index is 0.255. The van der Waals surface area contributed by atoms with Crippen molar-refractivity contribution in [1.82, 2.24) is 10.3 Å². The van der Waals surface area contributed by atoms with Crippen molar-refractivity contribution in [2.75, 3.05) is 13.7 Å². The van der Waals surface area contributed by atoms with Crippen LogP contribution in [0.2, 0.25) is 0 Å².